The predicted octanol–water partition coefficient (Wildman–Crippen LogP) is -0.900. The number of morpholine rings is 1. The number of aliphatic hydroxyl groups excluding tert-OH is 1. The molecule has 1 saturated heterocycles. The molecule has 0 radical (unpaired) electrons. The van der Waals surface area contributed by atoms with Gasteiger partial charge in [-0.3, -0.25) is 9.69 Å². The highest BCUT2D eigenvalue weighted by Gasteiger charge is 2.42. The van der Waals surface area contributed by atoms with Crippen molar-refractivity contribution in [3.63, 3.8) is 0 Å². The SMILES string of the molecule is C[C@@H]1CN(c2ccn(-c3cnnc(C#N)c3)n2)C(=O)[C@@H](C(O)C(=O)O)O1. The second-order valence-corrected chi connectivity index (χ2v) is 5.63. The van der Waals surface area contributed by atoms with Crippen molar-refractivity contribution in [3.8, 4) is 11.8 Å². The molecule has 2 aromatic rings. The Kier molecular flexibility index (Phi) is 4.61. The van der Waals surface area contributed by atoms with Gasteiger partial charge in [-0.2, -0.15) is 10.4 Å². The molecule has 1 aliphatic heterocycles. The number of carbonyl (C=O) groups is 2. The van der Waals surface area contributed by atoms with Crippen molar-refractivity contribution in [2.45, 2.75) is 25.2 Å². The van der Waals surface area contributed by atoms with Crippen LogP contribution in [0.4, 0.5) is 5.82 Å². The number of hydrogen-bond acceptors (Lipinski definition) is 8. The van der Waals surface area contributed by atoms with Crippen molar-refractivity contribution in [1.82, 2.24) is 20.0 Å². The van der Waals surface area contributed by atoms with E-state index in [1.807, 2.05) is 6.07 Å². The maximum Gasteiger partial charge on any atom is 0.335 e. The van der Waals surface area contributed by atoms with E-state index in [0.717, 1.165) is 0 Å². The van der Waals surface area contributed by atoms with Gasteiger partial charge in [0.15, 0.2) is 23.7 Å². The van der Waals surface area contributed by atoms with E-state index in [2.05, 4.69) is 15.3 Å². The Morgan fingerprint density at radius 3 is 3.00 bits per heavy atom. The zero-order valence-electron chi connectivity index (χ0n) is 13.6. The third-order valence-electron chi connectivity index (χ3n) is 3.74. The number of nitrogens with zero attached hydrogens (tertiary/aromatic N) is 6. The Labute approximate surface area is 147 Å². The summed E-state index contributed by atoms with van der Waals surface area (Å²) in [5, 5.41) is 39.1. The van der Waals surface area contributed by atoms with E-state index in [9.17, 15) is 14.7 Å². The number of carboxylic acid groups (broad SMARTS) is 1. The van der Waals surface area contributed by atoms with E-state index in [0.29, 0.717) is 5.69 Å². The van der Waals surface area contributed by atoms with E-state index >= 15 is 0 Å². The summed E-state index contributed by atoms with van der Waals surface area (Å²) in [4.78, 5) is 24.8. The number of hydrogen-bond donors (Lipinski definition) is 2. The molecule has 1 fully saturated rings. The van der Waals surface area contributed by atoms with Crippen LogP contribution in [0.3, 0.4) is 0 Å². The number of aliphatic hydroxyl groups is 1. The van der Waals surface area contributed by atoms with Crippen molar-refractivity contribution < 1.29 is 24.5 Å². The lowest BCUT2D eigenvalue weighted by atomic mass is 10.1. The van der Waals surface area contributed by atoms with Gasteiger partial charge in [0.05, 0.1) is 24.5 Å². The van der Waals surface area contributed by atoms with E-state index in [1.54, 1.807) is 19.2 Å². The third-order valence-corrected chi connectivity index (χ3v) is 3.74. The molecule has 2 N–H and O–H groups in total. The number of carboxylic acids is 1. The highest BCUT2D eigenvalue weighted by Crippen LogP contribution is 2.22. The zero-order chi connectivity index (χ0) is 18.8. The summed E-state index contributed by atoms with van der Waals surface area (Å²) in [6.45, 7) is 1.81. The molecule has 1 aliphatic rings. The van der Waals surface area contributed by atoms with Crippen LogP contribution in [0.15, 0.2) is 24.5 Å². The first-order chi connectivity index (χ1) is 12.4. The maximum absolute atomic E-state index is 12.5. The fourth-order valence-electron chi connectivity index (χ4n) is 2.54. The van der Waals surface area contributed by atoms with Gasteiger partial charge in [0.1, 0.15) is 6.07 Å². The van der Waals surface area contributed by atoms with Crippen LogP contribution in [0.25, 0.3) is 5.69 Å². The summed E-state index contributed by atoms with van der Waals surface area (Å²) in [5.41, 5.74) is 0.582. The minimum absolute atomic E-state index is 0.111. The van der Waals surface area contributed by atoms with Gasteiger partial charge < -0.3 is 14.9 Å². The van der Waals surface area contributed by atoms with Crippen LogP contribution < -0.4 is 4.90 Å². The van der Waals surface area contributed by atoms with E-state index in [4.69, 9.17) is 15.1 Å². The molecule has 3 rings (SSSR count). The quantitative estimate of drug-likeness (QED) is 0.707. The second kappa shape index (κ2) is 6.87. The zero-order valence-corrected chi connectivity index (χ0v) is 13.6. The maximum atomic E-state index is 12.5. The van der Waals surface area contributed by atoms with Crippen LogP contribution in [-0.2, 0) is 14.3 Å². The van der Waals surface area contributed by atoms with E-state index < -0.39 is 30.2 Å². The van der Waals surface area contributed by atoms with Gasteiger partial charge in [-0.15, -0.1) is 10.2 Å². The molecule has 1 amide bonds. The Morgan fingerprint density at radius 1 is 1.54 bits per heavy atom. The average molecular weight is 358 g/mol. The smallest absolute Gasteiger partial charge is 0.335 e. The molecule has 11 nitrogen and oxygen atoms in total. The Bertz CT molecular complexity index is 891. The molecule has 0 aliphatic carbocycles. The molecule has 1 unspecified atom stereocenters. The number of ether oxygens (including phenoxy) is 1. The summed E-state index contributed by atoms with van der Waals surface area (Å²) in [6.07, 6.45) is -1.03. The molecule has 3 heterocycles. The molecule has 134 valence electrons. The van der Waals surface area contributed by atoms with Gasteiger partial charge in [0, 0.05) is 18.3 Å². The molecule has 11 heteroatoms. The van der Waals surface area contributed by atoms with Gasteiger partial charge in [0.25, 0.3) is 5.91 Å². The van der Waals surface area contributed by atoms with Crippen molar-refractivity contribution in [3.05, 3.63) is 30.2 Å². The lowest BCUT2D eigenvalue weighted by Gasteiger charge is -2.35. The van der Waals surface area contributed by atoms with Gasteiger partial charge in [-0.05, 0) is 6.92 Å². The molecule has 0 spiro atoms. The molecule has 0 bridgehead atoms. The van der Waals surface area contributed by atoms with Gasteiger partial charge in [-0.25, -0.2) is 9.48 Å². The minimum atomic E-state index is -1.97. The lowest BCUT2D eigenvalue weighted by Crippen LogP contribution is -2.57. The number of amides is 1. The first-order valence-electron chi connectivity index (χ1n) is 7.57. The number of aromatic nitrogens is 4. The second-order valence-electron chi connectivity index (χ2n) is 5.63. The van der Waals surface area contributed by atoms with Crippen molar-refractivity contribution in [2.75, 3.05) is 11.4 Å². The molecule has 2 aromatic heterocycles. The van der Waals surface area contributed by atoms with Crippen LogP contribution in [0.1, 0.15) is 12.6 Å². The molecule has 26 heavy (non-hydrogen) atoms. The highest BCUT2D eigenvalue weighted by molar-refractivity contribution is 5.99. The lowest BCUT2D eigenvalue weighted by molar-refractivity contribution is -0.168. The van der Waals surface area contributed by atoms with Crippen molar-refractivity contribution in [2.24, 2.45) is 0 Å². The first kappa shape index (κ1) is 17.5. The monoisotopic (exact) mass is 358 g/mol. The number of aliphatic carboxylic acids is 1. The summed E-state index contributed by atoms with van der Waals surface area (Å²) in [5.74, 6) is -1.99. The normalized spacial score (nSPS) is 21.3. The Morgan fingerprint density at radius 2 is 2.31 bits per heavy atom. The Hall–Kier alpha value is -3.36. The number of nitriles is 1. The minimum Gasteiger partial charge on any atom is -0.479 e. The van der Waals surface area contributed by atoms with Gasteiger partial charge in [-0.1, -0.05) is 0 Å². The van der Waals surface area contributed by atoms with Crippen LogP contribution in [0, 0.1) is 11.3 Å². The predicted molar refractivity (Wildman–Crippen MR) is 84.2 cm³/mol. The molecule has 0 aromatic carbocycles. The van der Waals surface area contributed by atoms with Crippen LogP contribution in [0.5, 0.6) is 0 Å². The largest absolute Gasteiger partial charge is 0.479 e. The standard InChI is InChI=1S/C15H14N6O5/c1-8-7-20(14(23)13(26-8)12(22)15(24)25)11-2-3-21(19-11)10-4-9(5-16)18-17-6-10/h2-4,6,8,12-13,22H,7H2,1H3,(H,24,25)/t8-,12?,13-/m1/s1. The van der Waals surface area contributed by atoms with Crippen LogP contribution in [0.2, 0.25) is 0 Å². The number of anilines is 1. The van der Waals surface area contributed by atoms with E-state index in [-0.39, 0.29) is 18.1 Å². The van der Waals surface area contributed by atoms with Gasteiger partial charge >= 0.3 is 5.97 Å². The molecule has 0 saturated carbocycles. The summed E-state index contributed by atoms with van der Waals surface area (Å²) < 4.78 is 6.69. The average Bonchev–Trinajstić information content (AvgIpc) is 3.12. The Balaban J connectivity index is 1.89. The summed E-state index contributed by atoms with van der Waals surface area (Å²) >= 11 is 0. The third kappa shape index (κ3) is 3.23. The van der Waals surface area contributed by atoms with Crippen molar-refractivity contribution >= 4 is 17.7 Å². The number of rotatable bonds is 4. The molecular formula is C15H14N6O5. The fraction of sp³-hybridized carbons (Fsp3) is 0.333. The first-order valence-corrected chi connectivity index (χ1v) is 7.57. The molecular weight excluding hydrogens is 344 g/mol. The topological polar surface area (TPSA) is 154 Å². The fourth-order valence-corrected chi connectivity index (χ4v) is 2.54. The molecule has 3 atom stereocenters. The number of carbonyl (C=O) groups excluding carboxylic acids is 1. The van der Waals surface area contributed by atoms with E-state index in [1.165, 1.54) is 21.8 Å². The van der Waals surface area contributed by atoms with Crippen LogP contribution >= 0.6 is 0 Å². The van der Waals surface area contributed by atoms with Crippen molar-refractivity contribution in [1.29, 1.82) is 5.26 Å². The van der Waals surface area contributed by atoms with Gasteiger partial charge in [0.2, 0.25) is 0 Å². The summed E-state index contributed by atoms with van der Waals surface area (Å²) in [6, 6.07) is 4.89. The summed E-state index contributed by atoms with van der Waals surface area (Å²) in [7, 11) is 0. The highest BCUT2D eigenvalue weighted by atomic mass is 16.5. The van der Waals surface area contributed by atoms with Crippen LogP contribution in [-0.4, -0.2) is 66.9 Å².